The van der Waals surface area contributed by atoms with Crippen LogP contribution in [-0.2, 0) is 4.79 Å². The molecule has 0 bridgehead atoms. The van der Waals surface area contributed by atoms with Gasteiger partial charge in [0, 0.05) is 23.6 Å². The Bertz CT molecular complexity index is 565. The standard InChI is InChI=1S/C10H13N5OS/c1-6-5-7(2)15-9(12-6)13-10(14-15)17-4-3-8(11)16/h5H,3-4H2,1-2H3,(H2,11,16). The maximum Gasteiger partial charge on any atom is 0.253 e. The van der Waals surface area contributed by atoms with Crippen LogP contribution in [0.4, 0.5) is 0 Å². The first-order valence-corrected chi connectivity index (χ1v) is 6.17. The van der Waals surface area contributed by atoms with Gasteiger partial charge in [-0.3, -0.25) is 4.79 Å². The summed E-state index contributed by atoms with van der Waals surface area (Å²) in [6, 6.07) is 1.94. The van der Waals surface area contributed by atoms with Gasteiger partial charge in [0.25, 0.3) is 5.78 Å². The summed E-state index contributed by atoms with van der Waals surface area (Å²) in [5, 5.41) is 4.92. The molecule has 0 spiro atoms. The van der Waals surface area contributed by atoms with Crippen LogP contribution in [0.2, 0.25) is 0 Å². The molecule has 0 aliphatic rings. The normalized spacial score (nSPS) is 10.9. The topological polar surface area (TPSA) is 86.2 Å². The number of rotatable bonds is 4. The van der Waals surface area contributed by atoms with Gasteiger partial charge < -0.3 is 5.73 Å². The Labute approximate surface area is 103 Å². The van der Waals surface area contributed by atoms with Crippen LogP contribution in [0.15, 0.2) is 11.2 Å². The van der Waals surface area contributed by atoms with Crippen molar-refractivity contribution in [2.24, 2.45) is 5.73 Å². The molecular weight excluding hydrogens is 238 g/mol. The molecule has 2 aromatic rings. The van der Waals surface area contributed by atoms with E-state index in [2.05, 4.69) is 15.1 Å². The van der Waals surface area contributed by atoms with E-state index >= 15 is 0 Å². The maximum absolute atomic E-state index is 10.6. The van der Waals surface area contributed by atoms with Gasteiger partial charge >= 0.3 is 0 Å². The van der Waals surface area contributed by atoms with E-state index < -0.39 is 0 Å². The fourth-order valence-corrected chi connectivity index (χ4v) is 2.22. The van der Waals surface area contributed by atoms with Crippen molar-refractivity contribution >= 4 is 23.4 Å². The van der Waals surface area contributed by atoms with Crippen molar-refractivity contribution in [2.45, 2.75) is 25.4 Å². The zero-order valence-electron chi connectivity index (χ0n) is 9.67. The first-order chi connectivity index (χ1) is 8.06. The van der Waals surface area contributed by atoms with E-state index in [9.17, 15) is 4.79 Å². The van der Waals surface area contributed by atoms with E-state index in [0.29, 0.717) is 23.1 Å². The molecular formula is C10H13N5OS. The molecule has 0 saturated carbocycles. The summed E-state index contributed by atoms with van der Waals surface area (Å²) in [6.07, 6.45) is 0.325. The Balaban J connectivity index is 2.20. The molecule has 90 valence electrons. The van der Waals surface area contributed by atoms with E-state index in [-0.39, 0.29) is 5.91 Å². The smallest absolute Gasteiger partial charge is 0.253 e. The lowest BCUT2D eigenvalue weighted by Gasteiger charge is -1.97. The number of amides is 1. The number of fused-ring (bicyclic) bond motifs is 1. The summed E-state index contributed by atoms with van der Waals surface area (Å²) in [7, 11) is 0. The van der Waals surface area contributed by atoms with Crippen LogP contribution in [0.3, 0.4) is 0 Å². The third-order valence-corrected chi connectivity index (χ3v) is 3.02. The second kappa shape index (κ2) is 4.70. The van der Waals surface area contributed by atoms with Gasteiger partial charge in [0.2, 0.25) is 11.1 Å². The number of aromatic nitrogens is 4. The fraction of sp³-hybridized carbons (Fsp3) is 0.400. The third-order valence-electron chi connectivity index (χ3n) is 2.18. The van der Waals surface area contributed by atoms with Crippen LogP contribution in [0.5, 0.6) is 0 Å². The highest BCUT2D eigenvalue weighted by Crippen LogP contribution is 2.15. The van der Waals surface area contributed by atoms with Crippen LogP contribution in [-0.4, -0.2) is 31.2 Å². The summed E-state index contributed by atoms with van der Waals surface area (Å²) >= 11 is 1.41. The molecule has 1 amide bonds. The van der Waals surface area contributed by atoms with Crippen LogP contribution >= 0.6 is 11.8 Å². The van der Waals surface area contributed by atoms with Crippen molar-refractivity contribution in [3.63, 3.8) is 0 Å². The molecule has 2 N–H and O–H groups in total. The number of carbonyl (C=O) groups is 1. The number of thioether (sulfide) groups is 1. The lowest BCUT2D eigenvalue weighted by atomic mass is 10.4. The molecule has 0 atom stereocenters. The van der Waals surface area contributed by atoms with Gasteiger partial charge in [0.05, 0.1) is 0 Å². The minimum Gasteiger partial charge on any atom is -0.370 e. The van der Waals surface area contributed by atoms with Gasteiger partial charge in [-0.25, -0.2) is 9.50 Å². The molecule has 0 aliphatic carbocycles. The van der Waals surface area contributed by atoms with E-state index in [4.69, 9.17) is 5.73 Å². The number of carbonyl (C=O) groups excluding carboxylic acids is 1. The molecule has 7 heteroatoms. The number of nitrogens with zero attached hydrogens (tertiary/aromatic N) is 4. The highest BCUT2D eigenvalue weighted by atomic mass is 32.2. The van der Waals surface area contributed by atoms with Crippen LogP contribution < -0.4 is 5.73 Å². The molecule has 0 unspecified atom stereocenters. The van der Waals surface area contributed by atoms with E-state index in [1.54, 1.807) is 4.52 Å². The number of primary amides is 1. The zero-order chi connectivity index (χ0) is 12.4. The Morgan fingerprint density at radius 1 is 1.47 bits per heavy atom. The number of hydrogen-bond acceptors (Lipinski definition) is 5. The molecule has 0 radical (unpaired) electrons. The van der Waals surface area contributed by atoms with Crippen LogP contribution in [0.1, 0.15) is 17.8 Å². The molecule has 0 aliphatic heterocycles. The third kappa shape index (κ3) is 2.73. The zero-order valence-corrected chi connectivity index (χ0v) is 10.5. The fourth-order valence-electron chi connectivity index (χ4n) is 1.45. The van der Waals surface area contributed by atoms with Crippen molar-refractivity contribution in [3.05, 3.63) is 17.5 Å². The van der Waals surface area contributed by atoms with Crippen LogP contribution in [0.25, 0.3) is 5.78 Å². The maximum atomic E-state index is 10.6. The number of nitrogens with two attached hydrogens (primary N) is 1. The Morgan fingerprint density at radius 3 is 2.94 bits per heavy atom. The second-order valence-electron chi connectivity index (χ2n) is 3.71. The molecule has 6 nitrogen and oxygen atoms in total. The largest absolute Gasteiger partial charge is 0.370 e. The van der Waals surface area contributed by atoms with Crippen molar-refractivity contribution in [1.29, 1.82) is 0 Å². The van der Waals surface area contributed by atoms with Gasteiger partial charge in [0.1, 0.15) is 0 Å². The van der Waals surface area contributed by atoms with Gasteiger partial charge in [-0.15, -0.1) is 5.10 Å². The van der Waals surface area contributed by atoms with Crippen molar-refractivity contribution < 1.29 is 4.79 Å². The Hall–Kier alpha value is -1.63. The average Bonchev–Trinajstić information content (AvgIpc) is 2.60. The average molecular weight is 251 g/mol. The molecule has 17 heavy (non-hydrogen) atoms. The van der Waals surface area contributed by atoms with Gasteiger partial charge in [-0.2, -0.15) is 4.98 Å². The molecule has 2 rings (SSSR count). The highest BCUT2D eigenvalue weighted by Gasteiger charge is 2.08. The summed E-state index contributed by atoms with van der Waals surface area (Å²) in [5.74, 6) is 0.861. The molecule has 0 aromatic carbocycles. The van der Waals surface area contributed by atoms with E-state index in [0.717, 1.165) is 11.4 Å². The quantitative estimate of drug-likeness (QED) is 0.809. The monoisotopic (exact) mass is 251 g/mol. The summed E-state index contributed by atoms with van der Waals surface area (Å²) < 4.78 is 1.69. The van der Waals surface area contributed by atoms with Crippen molar-refractivity contribution in [1.82, 2.24) is 19.6 Å². The lowest BCUT2D eigenvalue weighted by Crippen LogP contribution is -2.10. The van der Waals surface area contributed by atoms with Gasteiger partial charge in [0.15, 0.2) is 0 Å². The summed E-state index contributed by atoms with van der Waals surface area (Å²) in [5.41, 5.74) is 6.97. The predicted molar refractivity (Wildman–Crippen MR) is 64.8 cm³/mol. The predicted octanol–water partition coefficient (Wildman–Crippen LogP) is 0.709. The minimum absolute atomic E-state index is 0.314. The van der Waals surface area contributed by atoms with Crippen molar-refractivity contribution in [2.75, 3.05) is 5.75 Å². The molecule has 0 saturated heterocycles. The Kier molecular flexibility index (Phi) is 3.28. The van der Waals surface area contributed by atoms with Gasteiger partial charge in [-0.1, -0.05) is 11.8 Å². The molecule has 2 heterocycles. The number of hydrogen-bond donors (Lipinski definition) is 1. The van der Waals surface area contributed by atoms with E-state index in [1.165, 1.54) is 11.8 Å². The first kappa shape index (κ1) is 11.8. The second-order valence-corrected chi connectivity index (χ2v) is 4.77. The minimum atomic E-state index is -0.314. The molecule has 2 aromatic heterocycles. The Morgan fingerprint density at radius 2 is 2.24 bits per heavy atom. The van der Waals surface area contributed by atoms with Crippen molar-refractivity contribution in [3.8, 4) is 0 Å². The SMILES string of the molecule is Cc1cc(C)n2nc(SCCC(N)=O)nc2n1. The first-order valence-electron chi connectivity index (χ1n) is 5.18. The van der Waals surface area contributed by atoms with E-state index in [1.807, 2.05) is 19.9 Å². The summed E-state index contributed by atoms with van der Waals surface area (Å²) in [6.45, 7) is 3.87. The van der Waals surface area contributed by atoms with Gasteiger partial charge in [-0.05, 0) is 19.9 Å². The number of aryl methyl sites for hydroxylation is 2. The molecule has 0 fully saturated rings. The summed E-state index contributed by atoms with van der Waals surface area (Å²) in [4.78, 5) is 19.2. The van der Waals surface area contributed by atoms with Crippen LogP contribution in [0, 0.1) is 13.8 Å². The lowest BCUT2D eigenvalue weighted by molar-refractivity contribution is -0.117. The highest BCUT2D eigenvalue weighted by molar-refractivity contribution is 7.99.